The van der Waals surface area contributed by atoms with Gasteiger partial charge in [-0.05, 0) is 36.4 Å². The molecule has 21 heavy (non-hydrogen) atoms. The van der Waals surface area contributed by atoms with Crippen molar-refractivity contribution < 1.29 is 9.26 Å². The second-order valence-electron chi connectivity index (χ2n) is 4.39. The Morgan fingerprint density at radius 3 is 2.81 bits per heavy atom. The van der Waals surface area contributed by atoms with Crippen LogP contribution in [-0.2, 0) is 0 Å². The standard InChI is InChI=1S/C15H12ClN3O2/c1-20-13-8-10(16)5-6-12(13)14-18-15(21-19-14)9-3-2-4-11(17)7-9/h2-8H,17H2,1H3. The number of ether oxygens (including phenoxy) is 1. The summed E-state index contributed by atoms with van der Waals surface area (Å²) < 4.78 is 10.6. The molecule has 0 unspecified atom stereocenters. The zero-order chi connectivity index (χ0) is 14.8. The maximum Gasteiger partial charge on any atom is 0.258 e. The van der Waals surface area contributed by atoms with Gasteiger partial charge in [0.15, 0.2) is 0 Å². The molecule has 0 amide bonds. The molecule has 0 atom stereocenters. The minimum atomic E-state index is 0.398. The number of hydrogen-bond donors (Lipinski definition) is 1. The summed E-state index contributed by atoms with van der Waals surface area (Å²) in [4.78, 5) is 4.37. The summed E-state index contributed by atoms with van der Waals surface area (Å²) in [5, 5.41) is 4.56. The molecule has 2 aromatic carbocycles. The molecule has 0 saturated carbocycles. The zero-order valence-corrected chi connectivity index (χ0v) is 12.0. The third kappa shape index (κ3) is 2.68. The van der Waals surface area contributed by atoms with Gasteiger partial charge in [-0.15, -0.1) is 0 Å². The van der Waals surface area contributed by atoms with E-state index in [1.54, 1.807) is 37.4 Å². The number of aromatic nitrogens is 2. The van der Waals surface area contributed by atoms with E-state index in [9.17, 15) is 0 Å². The van der Waals surface area contributed by atoms with Crippen LogP contribution in [0.25, 0.3) is 22.8 Å². The van der Waals surface area contributed by atoms with E-state index in [0.29, 0.717) is 33.7 Å². The summed E-state index contributed by atoms with van der Waals surface area (Å²) in [7, 11) is 1.56. The molecule has 0 bridgehead atoms. The van der Waals surface area contributed by atoms with Crippen molar-refractivity contribution in [2.75, 3.05) is 12.8 Å². The van der Waals surface area contributed by atoms with E-state index in [0.717, 1.165) is 5.56 Å². The number of anilines is 1. The molecule has 0 saturated heterocycles. The second kappa shape index (κ2) is 5.46. The summed E-state index contributed by atoms with van der Waals surface area (Å²) in [5.41, 5.74) is 7.86. The van der Waals surface area contributed by atoms with Crippen molar-refractivity contribution in [1.82, 2.24) is 10.1 Å². The van der Waals surface area contributed by atoms with Crippen LogP contribution in [0.4, 0.5) is 5.69 Å². The summed E-state index contributed by atoms with van der Waals surface area (Å²) in [6.07, 6.45) is 0. The number of nitrogens with two attached hydrogens (primary N) is 1. The maximum absolute atomic E-state index is 5.94. The summed E-state index contributed by atoms with van der Waals surface area (Å²) in [5.74, 6) is 1.41. The molecule has 0 spiro atoms. The lowest BCUT2D eigenvalue weighted by Gasteiger charge is -2.04. The average Bonchev–Trinajstić information content (AvgIpc) is 2.96. The Labute approximate surface area is 126 Å². The van der Waals surface area contributed by atoms with Gasteiger partial charge in [0, 0.05) is 16.3 Å². The molecule has 0 aliphatic carbocycles. The molecular formula is C15H12ClN3O2. The number of nitrogens with zero attached hydrogens (tertiary/aromatic N) is 2. The molecule has 0 aliphatic rings. The van der Waals surface area contributed by atoms with Gasteiger partial charge in [-0.2, -0.15) is 4.98 Å². The minimum absolute atomic E-state index is 0.398. The Bertz CT molecular complexity index is 786. The summed E-state index contributed by atoms with van der Waals surface area (Å²) >= 11 is 5.94. The molecule has 0 aliphatic heterocycles. The average molecular weight is 302 g/mol. The lowest BCUT2D eigenvalue weighted by Crippen LogP contribution is -1.89. The van der Waals surface area contributed by atoms with E-state index in [2.05, 4.69) is 10.1 Å². The Balaban J connectivity index is 2.02. The van der Waals surface area contributed by atoms with Crippen LogP contribution in [0.3, 0.4) is 0 Å². The molecule has 0 radical (unpaired) electrons. The first kappa shape index (κ1) is 13.5. The SMILES string of the molecule is COc1cc(Cl)ccc1-c1noc(-c2cccc(N)c2)n1. The van der Waals surface area contributed by atoms with Gasteiger partial charge >= 0.3 is 0 Å². The van der Waals surface area contributed by atoms with Crippen molar-refractivity contribution in [3.05, 3.63) is 47.5 Å². The molecular weight excluding hydrogens is 290 g/mol. The Hall–Kier alpha value is -2.53. The Morgan fingerprint density at radius 1 is 1.19 bits per heavy atom. The Morgan fingerprint density at radius 2 is 2.05 bits per heavy atom. The van der Waals surface area contributed by atoms with Gasteiger partial charge in [-0.3, -0.25) is 0 Å². The van der Waals surface area contributed by atoms with Gasteiger partial charge in [0.25, 0.3) is 5.89 Å². The first-order valence-corrected chi connectivity index (χ1v) is 6.58. The van der Waals surface area contributed by atoms with E-state index in [-0.39, 0.29) is 0 Å². The number of hydrogen-bond acceptors (Lipinski definition) is 5. The van der Waals surface area contributed by atoms with Gasteiger partial charge in [-0.1, -0.05) is 22.8 Å². The monoisotopic (exact) mass is 301 g/mol. The fourth-order valence-electron chi connectivity index (χ4n) is 1.97. The highest BCUT2D eigenvalue weighted by molar-refractivity contribution is 6.30. The zero-order valence-electron chi connectivity index (χ0n) is 11.2. The van der Waals surface area contributed by atoms with E-state index < -0.39 is 0 Å². The number of halogens is 1. The highest BCUT2D eigenvalue weighted by Crippen LogP contribution is 2.32. The van der Waals surface area contributed by atoms with Crippen LogP contribution in [0.5, 0.6) is 5.75 Å². The number of benzene rings is 2. The molecule has 6 heteroatoms. The molecule has 2 N–H and O–H groups in total. The predicted molar refractivity (Wildman–Crippen MR) is 81.1 cm³/mol. The van der Waals surface area contributed by atoms with Gasteiger partial charge in [0.1, 0.15) is 5.75 Å². The van der Waals surface area contributed by atoms with Gasteiger partial charge in [0.05, 0.1) is 12.7 Å². The van der Waals surface area contributed by atoms with Crippen molar-refractivity contribution in [2.45, 2.75) is 0 Å². The largest absolute Gasteiger partial charge is 0.496 e. The van der Waals surface area contributed by atoms with E-state index >= 15 is 0 Å². The molecule has 1 heterocycles. The summed E-state index contributed by atoms with van der Waals surface area (Å²) in [6, 6.07) is 12.5. The highest BCUT2D eigenvalue weighted by atomic mass is 35.5. The van der Waals surface area contributed by atoms with Crippen molar-refractivity contribution in [3.8, 4) is 28.6 Å². The summed E-state index contributed by atoms with van der Waals surface area (Å²) in [6.45, 7) is 0. The van der Waals surface area contributed by atoms with Crippen molar-refractivity contribution in [2.24, 2.45) is 0 Å². The normalized spacial score (nSPS) is 10.6. The molecule has 5 nitrogen and oxygen atoms in total. The number of rotatable bonds is 3. The third-order valence-corrected chi connectivity index (χ3v) is 3.20. The lowest BCUT2D eigenvalue weighted by atomic mass is 10.2. The van der Waals surface area contributed by atoms with E-state index in [4.69, 9.17) is 26.6 Å². The number of nitrogen functional groups attached to an aromatic ring is 1. The molecule has 106 valence electrons. The third-order valence-electron chi connectivity index (χ3n) is 2.96. The molecule has 3 aromatic rings. The number of methoxy groups -OCH3 is 1. The first-order valence-electron chi connectivity index (χ1n) is 6.21. The first-order chi connectivity index (χ1) is 10.2. The van der Waals surface area contributed by atoms with E-state index in [1.165, 1.54) is 0 Å². The smallest absolute Gasteiger partial charge is 0.258 e. The van der Waals surface area contributed by atoms with Gasteiger partial charge < -0.3 is 15.0 Å². The minimum Gasteiger partial charge on any atom is -0.496 e. The van der Waals surface area contributed by atoms with Crippen LogP contribution >= 0.6 is 11.6 Å². The van der Waals surface area contributed by atoms with Gasteiger partial charge in [-0.25, -0.2) is 0 Å². The van der Waals surface area contributed by atoms with Gasteiger partial charge in [0.2, 0.25) is 5.82 Å². The Kier molecular flexibility index (Phi) is 3.50. The fraction of sp³-hybridized carbons (Fsp3) is 0.0667. The van der Waals surface area contributed by atoms with Crippen LogP contribution in [0.15, 0.2) is 47.0 Å². The van der Waals surface area contributed by atoms with Crippen LogP contribution < -0.4 is 10.5 Å². The van der Waals surface area contributed by atoms with Crippen LogP contribution in [-0.4, -0.2) is 17.3 Å². The van der Waals surface area contributed by atoms with Crippen LogP contribution in [0.1, 0.15) is 0 Å². The van der Waals surface area contributed by atoms with Crippen molar-refractivity contribution in [3.63, 3.8) is 0 Å². The second-order valence-corrected chi connectivity index (χ2v) is 4.83. The highest BCUT2D eigenvalue weighted by Gasteiger charge is 2.14. The fourth-order valence-corrected chi connectivity index (χ4v) is 2.13. The van der Waals surface area contributed by atoms with Crippen LogP contribution in [0, 0.1) is 0 Å². The van der Waals surface area contributed by atoms with Crippen molar-refractivity contribution in [1.29, 1.82) is 0 Å². The predicted octanol–water partition coefficient (Wildman–Crippen LogP) is 3.65. The quantitative estimate of drug-likeness (QED) is 0.747. The topological polar surface area (TPSA) is 74.2 Å². The maximum atomic E-state index is 5.94. The molecule has 0 fully saturated rings. The van der Waals surface area contributed by atoms with E-state index in [1.807, 2.05) is 12.1 Å². The van der Waals surface area contributed by atoms with Crippen LogP contribution in [0.2, 0.25) is 5.02 Å². The molecule has 1 aromatic heterocycles. The molecule has 3 rings (SSSR count). The lowest BCUT2D eigenvalue weighted by molar-refractivity contribution is 0.413. The van der Waals surface area contributed by atoms with Crippen molar-refractivity contribution >= 4 is 17.3 Å².